The molecule has 1 fully saturated rings. The van der Waals surface area contributed by atoms with Crippen molar-refractivity contribution in [1.82, 2.24) is 9.97 Å². The van der Waals surface area contributed by atoms with Gasteiger partial charge in [0, 0.05) is 30.8 Å². The van der Waals surface area contributed by atoms with Gasteiger partial charge >= 0.3 is 0 Å². The van der Waals surface area contributed by atoms with Gasteiger partial charge in [-0.3, -0.25) is 0 Å². The van der Waals surface area contributed by atoms with Gasteiger partial charge in [0.15, 0.2) is 0 Å². The molecule has 0 aliphatic carbocycles. The molecule has 2 rings (SSSR count). The molecular formula is C15H26N4S. The molecule has 1 atom stereocenters. The number of hydrogen-bond donors (Lipinski definition) is 2. The number of aryl methyl sites for hydroxylation is 1. The zero-order valence-electron chi connectivity index (χ0n) is 12.6. The fourth-order valence-corrected chi connectivity index (χ4v) is 3.39. The first kappa shape index (κ1) is 15.4. The Morgan fingerprint density at radius 2 is 2.10 bits per heavy atom. The van der Waals surface area contributed by atoms with Crippen LogP contribution in [-0.4, -0.2) is 34.1 Å². The molecule has 1 aromatic heterocycles. The summed E-state index contributed by atoms with van der Waals surface area (Å²) in [6, 6.07) is 2.60. The number of hydrogen-bond acceptors (Lipinski definition) is 5. The molecule has 5 heteroatoms. The summed E-state index contributed by atoms with van der Waals surface area (Å²) in [5, 5.41) is 6.96. The zero-order chi connectivity index (χ0) is 14.2. The van der Waals surface area contributed by atoms with Gasteiger partial charge < -0.3 is 10.6 Å². The van der Waals surface area contributed by atoms with Crippen molar-refractivity contribution in [2.45, 2.75) is 52.0 Å². The van der Waals surface area contributed by atoms with Crippen LogP contribution in [0, 0.1) is 0 Å². The summed E-state index contributed by atoms with van der Waals surface area (Å²) in [6.45, 7) is 5.29. The molecule has 0 saturated carbocycles. The van der Waals surface area contributed by atoms with E-state index in [9.17, 15) is 0 Å². The molecule has 20 heavy (non-hydrogen) atoms. The van der Waals surface area contributed by atoms with E-state index < -0.39 is 0 Å². The van der Waals surface area contributed by atoms with Gasteiger partial charge in [-0.2, -0.15) is 11.8 Å². The fraction of sp³-hybridized carbons (Fsp3) is 0.733. The molecule has 1 aromatic rings. The first-order valence-corrected chi connectivity index (χ1v) is 8.93. The Kier molecular flexibility index (Phi) is 6.43. The van der Waals surface area contributed by atoms with Crippen molar-refractivity contribution in [3.63, 3.8) is 0 Å². The Labute approximate surface area is 126 Å². The number of nitrogens with one attached hydrogen (secondary N) is 2. The maximum absolute atomic E-state index is 4.65. The topological polar surface area (TPSA) is 49.8 Å². The quantitative estimate of drug-likeness (QED) is 0.805. The molecule has 0 aromatic carbocycles. The van der Waals surface area contributed by atoms with Crippen LogP contribution in [0.25, 0.3) is 0 Å². The molecule has 1 aliphatic rings. The highest BCUT2D eigenvalue weighted by atomic mass is 32.2. The third-order valence-electron chi connectivity index (χ3n) is 3.31. The van der Waals surface area contributed by atoms with E-state index >= 15 is 0 Å². The summed E-state index contributed by atoms with van der Waals surface area (Å²) < 4.78 is 0. The second kappa shape index (κ2) is 8.35. The average molecular weight is 294 g/mol. The second-order valence-electron chi connectivity index (χ2n) is 5.29. The number of thioether (sulfide) groups is 1. The molecular weight excluding hydrogens is 268 g/mol. The number of aromatic nitrogens is 2. The molecule has 2 heterocycles. The van der Waals surface area contributed by atoms with Crippen molar-refractivity contribution in [3.05, 3.63) is 11.9 Å². The van der Waals surface area contributed by atoms with Crippen LogP contribution >= 0.6 is 11.8 Å². The SMILES string of the molecule is CCCNc1cc(NC2CCCSC2)nc(CCC)n1. The molecule has 0 amide bonds. The first-order valence-electron chi connectivity index (χ1n) is 7.78. The van der Waals surface area contributed by atoms with E-state index in [-0.39, 0.29) is 0 Å². The Morgan fingerprint density at radius 1 is 1.25 bits per heavy atom. The third kappa shape index (κ3) is 4.85. The summed E-state index contributed by atoms with van der Waals surface area (Å²) >= 11 is 2.03. The smallest absolute Gasteiger partial charge is 0.133 e. The van der Waals surface area contributed by atoms with E-state index in [2.05, 4.69) is 34.4 Å². The molecule has 4 nitrogen and oxygen atoms in total. The highest BCUT2D eigenvalue weighted by Gasteiger charge is 2.14. The Balaban J connectivity index is 2.06. The molecule has 2 N–H and O–H groups in total. The molecule has 1 unspecified atom stereocenters. The lowest BCUT2D eigenvalue weighted by molar-refractivity contribution is 0.680. The normalized spacial score (nSPS) is 18.8. The van der Waals surface area contributed by atoms with E-state index in [0.717, 1.165) is 43.3 Å². The summed E-state index contributed by atoms with van der Waals surface area (Å²) in [7, 11) is 0. The van der Waals surface area contributed by atoms with Crippen molar-refractivity contribution < 1.29 is 0 Å². The van der Waals surface area contributed by atoms with Gasteiger partial charge in [-0.05, 0) is 31.4 Å². The van der Waals surface area contributed by atoms with Crippen molar-refractivity contribution >= 4 is 23.4 Å². The van der Waals surface area contributed by atoms with Crippen LogP contribution < -0.4 is 10.6 Å². The van der Waals surface area contributed by atoms with Gasteiger partial charge in [-0.25, -0.2) is 9.97 Å². The average Bonchev–Trinajstić information content (AvgIpc) is 2.46. The highest BCUT2D eigenvalue weighted by molar-refractivity contribution is 7.99. The lowest BCUT2D eigenvalue weighted by atomic mass is 10.2. The number of rotatable bonds is 7. The summed E-state index contributed by atoms with van der Waals surface area (Å²) in [6.07, 6.45) is 5.68. The number of anilines is 2. The molecule has 1 aliphatic heterocycles. The van der Waals surface area contributed by atoms with Gasteiger partial charge in [-0.15, -0.1) is 0 Å². The minimum Gasteiger partial charge on any atom is -0.370 e. The van der Waals surface area contributed by atoms with Gasteiger partial charge in [0.05, 0.1) is 0 Å². The lowest BCUT2D eigenvalue weighted by Crippen LogP contribution is -2.26. The van der Waals surface area contributed by atoms with Crippen molar-refractivity contribution in [2.75, 3.05) is 28.7 Å². The number of nitrogens with zero attached hydrogens (tertiary/aromatic N) is 2. The van der Waals surface area contributed by atoms with Crippen LogP contribution in [0.3, 0.4) is 0 Å². The molecule has 0 radical (unpaired) electrons. The van der Waals surface area contributed by atoms with Crippen LogP contribution in [0.2, 0.25) is 0 Å². The van der Waals surface area contributed by atoms with E-state index in [4.69, 9.17) is 0 Å². The standard InChI is InChI=1S/C15H26N4S/c1-3-6-13-18-14(16-8-4-2)10-15(19-13)17-12-7-5-9-20-11-12/h10,12H,3-9,11H2,1-2H3,(H2,16,17,18,19). The largest absolute Gasteiger partial charge is 0.370 e. The summed E-state index contributed by atoms with van der Waals surface area (Å²) in [5.41, 5.74) is 0. The molecule has 0 bridgehead atoms. The minimum absolute atomic E-state index is 0.553. The van der Waals surface area contributed by atoms with Gasteiger partial charge in [-0.1, -0.05) is 13.8 Å². The van der Waals surface area contributed by atoms with Crippen LogP contribution in [0.1, 0.15) is 45.4 Å². The van der Waals surface area contributed by atoms with Crippen LogP contribution in [0.15, 0.2) is 6.07 Å². The first-order chi connectivity index (χ1) is 9.81. The Morgan fingerprint density at radius 3 is 2.80 bits per heavy atom. The summed E-state index contributed by atoms with van der Waals surface area (Å²) in [4.78, 5) is 9.24. The van der Waals surface area contributed by atoms with Gasteiger partial charge in [0.2, 0.25) is 0 Å². The van der Waals surface area contributed by atoms with Crippen molar-refractivity contribution in [1.29, 1.82) is 0 Å². The predicted octanol–water partition coefficient (Wildman–Crippen LogP) is 3.56. The predicted molar refractivity (Wildman–Crippen MR) is 88.8 cm³/mol. The fourth-order valence-electron chi connectivity index (χ4n) is 2.31. The summed E-state index contributed by atoms with van der Waals surface area (Å²) in [5.74, 6) is 5.36. The Bertz CT molecular complexity index is 405. The van der Waals surface area contributed by atoms with Crippen molar-refractivity contribution in [2.24, 2.45) is 0 Å². The van der Waals surface area contributed by atoms with Crippen molar-refractivity contribution in [3.8, 4) is 0 Å². The monoisotopic (exact) mass is 294 g/mol. The van der Waals surface area contributed by atoms with Crippen LogP contribution in [-0.2, 0) is 6.42 Å². The van der Waals surface area contributed by atoms with Gasteiger partial charge in [0.1, 0.15) is 17.5 Å². The van der Waals surface area contributed by atoms with Crippen LogP contribution in [0.4, 0.5) is 11.6 Å². The van der Waals surface area contributed by atoms with E-state index in [0.29, 0.717) is 6.04 Å². The Hall–Kier alpha value is -0.970. The second-order valence-corrected chi connectivity index (χ2v) is 6.44. The van der Waals surface area contributed by atoms with E-state index in [1.807, 2.05) is 17.8 Å². The molecule has 112 valence electrons. The zero-order valence-corrected chi connectivity index (χ0v) is 13.4. The maximum Gasteiger partial charge on any atom is 0.133 e. The van der Waals surface area contributed by atoms with Gasteiger partial charge in [0.25, 0.3) is 0 Å². The van der Waals surface area contributed by atoms with E-state index in [1.54, 1.807) is 0 Å². The molecule has 0 spiro atoms. The lowest BCUT2D eigenvalue weighted by Gasteiger charge is -2.23. The van der Waals surface area contributed by atoms with Crippen LogP contribution in [0.5, 0.6) is 0 Å². The highest BCUT2D eigenvalue weighted by Crippen LogP contribution is 2.21. The minimum atomic E-state index is 0.553. The maximum atomic E-state index is 4.65. The third-order valence-corrected chi connectivity index (χ3v) is 4.53. The van der Waals surface area contributed by atoms with E-state index in [1.165, 1.54) is 24.3 Å². The molecule has 1 saturated heterocycles.